The quantitative estimate of drug-likeness (QED) is 0.839. The summed E-state index contributed by atoms with van der Waals surface area (Å²) < 4.78 is 80.0. The molecule has 0 aromatic heterocycles. The molecule has 0 spiro atoms. The molecule has 0 saturated carbocycles. The third-order valence-electron chi connectivity index (χ3n) is 2.19. The summed E-state index contributed by atoms with van der Waals surface area (Å²) in [7, 11) is 1.02. The van der Waals surface area contributed by atoms with E-state index < -0.39 is 41.4 Å². The van der Waals surface area contributed by atoms with E-state index in [2.05, 4.69) is 4.74 Å². The maximum absolute atomic E-state index is 12.6. The van der Waals surface area contributed by atoms with Gasteiger partial charge in [0.25, 0.3) is 0 Å². The van der Waals surface area contributed by atoms with Gasteiger partial charge >= 0.3 is 12.4 Å². The number of halogens is 6. The van der Waals surface area contributed by atoms with Gasteiger partial charge in [-0.15, -0.1) is 0 Å². The highest BCUT2D eigenvalue weighted by Crippen LogP contribution is 2.43. The number of benzene rings is 1. The van der Waals surface area contributed by atoms with Gasteiger partial charge in [-0.25, -0.2) is 0 Å². The van der Waals surface area contributed by atoms with Gasteiger partial charge in [0.05, 0.1) is 24.8 Å². The highest BCUT2D eigenvalue weighted by molar-refractivity contribution is 5.45. The average Bonchev–Trinajstić information content (AvgIpc) is 2.24. The number of aliphatic hydroxyl groups excluding tert-OH is 1. The van der Waals surface area contributed by atoms with Crippen molar-refractivity contribution in [3.05, 3.63) is 28.8 Å². The third kappa shape index (κ3) is 2.87. The van der Waals surface area contributed by atoms with E-state index in [0.29, 0.717) is 0 Å². The van der Waals surface area contributed by atoms with Crippen LogP contribution in [0.2, 0.25) is 0 Å². The van der Waals surface area contributed by atoms with E-state index in [1.807, 2.05) is 0 Å². The van der Waals surface area contributed by atoms with Crippen molar-refractivity contribution in [3.63, 3.8) is 0 Å². The number of alkyl halides is 6. The van der Waals surface area contributed by atoms with Crippen LogP contribution in [0.3, 0.4) is 0 Å². The lowest BCUT2D eigenvalue weighted by atomic mass is 9.99. The van der Waals surface area contributed by atoms with E-state index in [1.54, 1.807) is 0 Å². The first-order valence-corrected chi connectivity index (χ1v) is 4.57. The normalized spacial score (nSPS) is 12.7. The number of hydrogen-bond donors (Lipinski definition) is 1. The van der Waals surface area contributed by atoms with Crippen LogP contribution in [0.15, 0.2) is 12.1 Å². The molecule has 18 heavy (non-hydrogen) atoms. The number of rotatable bonds is 2. The maximum atomic E-state index is 12.6. The van der Waals surface area contributed by atoms with Crippen molar-refractivity contribution < 1.29 is 36.2 Å². The van der Waals surface area contributed by atoms with Gasteiger partial charge in [-0.05, 0) is 17.7 Å². The topological polar surface area (TPSA) is 29.5 Å². The Kier molecular flexibility index (Phi) is 3.80. The molecule has 8 heteroatoms. The first-order valence-electron chi connectivity index (χ1n) is 4.57. The minimum Gasteiger partial charge on any atom is -0.497 e. The SMILES string of the molecule is COc1cc(CO)c(C(F)(F)F)c(C(F)(F)F)c1. The maximum Gasteiger partial charge on any atom is 0.417 e. The van der Waals surface area contributed by atoms with E-state index in [0.717, 1.165) is 13.2 Å². The standard InChI is InChI=1S/C10H8F6O2/c1-18-6-2-5(4-17)8(10(14,15)16)7(3-6)9(11,12)13/h2-3,17H,4H2,1H3. The first kappa shape index (κ1) is 14.6. The van der Waals surface area contributed by atoms with Gasteiger partial charge in [0.15, 0.2) is 0 Å². The van der Waals surface area contributed by atoms with Crippen molar-refractivity contribution in [2.45, 2.75) is 19.0 Å². The van der Waals surface area contributed by atoms with Crippen LogP contribution < -0.4 is 4.74 Å². The second-order valence-electron chi connectivity index (χ2n) is 3.36. The van der Waals surface area contributed by atoms with Crippen LogP contribution >= 0.6 is 0 Å². The van der Waals surface area contributed by atoms with E-state index >= 15 is 0 Å². The molecule has 2 nitrogen and oxygen atoms in total. The van der Waals surface area contributed by atoms with Crippen LogP contribution in [0.5, 0.6) is 5.75 Å². The fourth-order valence-electron chi connectivity index (χ4n) is 1.47. The summed E-state index contributed by atoms with van der Waals surface area (Å²) >= 11 is 0. The molecule has 0 saturated heterocycles. The minimum atomic E-state index is -5.21. The second-order valence-corrected chi connectivity index (χ2v) is 3.36. The Morgan fingerprint density at radius 3 is 1.94 bits per heavy atom. The van der Waals surface area contributed by atoms with Crippen LogP contribution in [-0.2, 0) is 19.0 Å². The van der Waals surface area contributed by atoms with Crippen molar-refractivity contribution >= 4 is 0 Å². The van der Waals surface area contributed by atoms with Crippen LogP contribution in [0.1, 0.15) is 16.7 Å². The van der Waals surface area contributed by atoms with E-state index in [9.17, 15) is 26.3 Å². The average molecular weight is 274 g/mol. The Balaban J connectivity index is 3.64. The van der Waals surface area contributed by atoms with E-state index in [1.165, 1.54) is 0 Å². The molecule has 0 unspecified atom stereocenters. The molecule has 0 aliphatic carbocycles. The molecule has 0 atom stereocenters. The lowest BCUT2D eigenvalue weighted by Gasteiger charge is -2.19. The first-order chi connectivity index (χ1) is 8.11. The molecule has 0 fully saturated rings. The molecule has 1 N–H and O–H groups in total. The summed E-state index contributed by atoms with van der Waals surface area (Å²) in [5.74, 6) is -0.403. The van der Waals surface area contributed by atoms with E-state index in [4.69, 9.17) is 5.11 Å². The monoisotopic (exact) mass is 274 g/mol. The number of ether oxygens (including phenoxy) is 1. The zero-order valence-corrected chi connectivity index (χ0v) is 8.99. The number of aliphatic hydroxyl groups is 1. The number of methoxy groups -OCH3 is 1. The van der Waals surface area contributed by atoms with Crippen molar-refractivity contribution in [1.82, 2.24) is 0 Å². The fraction of sp³-hybridized carbons (Fsp3) is 0.400. The zero-order valence-electron chi connectivity index (χ0n) is 8.99. The summed E-state index contributed by atoms with van der Waals surface area (Å²) in [5.41, 5.74) is -4.65. The summed E-state index contributed by atoms with van der Waals surface area (Å²) in [6, 6.07) is 0.972. The zero-order chi connectivity index (χ0) is 14.1. The molecule has 1 rings (SSSR count). The smallest absolute Gasteiger partial charge is 0.417 e. The van der Waals surface area contributed by atoms with Gasteiger partial charge in [-0.1, -0.05) is 0 Å². The van der Waals surface area contributed by atoms with Crippen molar-refractivity contribution in [2.75, 3.05) is 7.11 Å². The van der Waals surface area contributed by atoms with Crippen LogP contribution in [0, 0.1) is 0 Å². The van der Waals surface area contributed by atoms with Crippen molar-refractivity contribution in [1.29, 1.82) is 0 Å². The molecule has 0 aliphatic rings. The Morgan fingerprint density at radius 2 is 1.61 bits per heavy atom. The Hall–Kier alpha value is -1.44. The molecule has 102 valence electrons. The van der Waals surface area contributed by atoms with Gasteiger partial charge in [-0.2, -0.15) is 26.3 Å². The Bertz CT molecular complexity index is 435. The molecule has 0 bridgehead atoms. The van der Waals surface area contributed by atoms with Crippen LogP contribution in [0.25, 0.3) is 0 Å². The van der Waals surface area contributed by atoms with Crippen LogP contribution in [-0.4, -0.2) is 12.2 Å². The lowest BCUT2D eigenvalue weighted by Crippen LogP contribution is -2.19. The largest absolute Gasteiger partial charge is 0.497 e. The van der Waals surface area contributed by atoms with Crippen molar-refractivity contribution in [2.24, 2.45) is 0 Å². The molecule has 1 aromatic rings. The highest BCUT2D eigenvalue weighted by Gasteiger charge is 2.45. The van der Waals surface area contributed by atoms with Gasteiger partial charge in [-0.3, -0.25) is 0 Å². The van der Waals surface area contributed by atoms with Crippen LogP contribution in [0.4, 0.5) is 26.3 Å². The third-order valence-corrected chi connectivity index (χ3v) is 2.19. The summed E-state index contributed by atoms with van der Waals surface area (Å²) in [4.78, 5) is 0. The Labute approximate surface area is 97.8 Å². The minimum absolute atomic E-state index is 0.252. The fourth-order valence-corrected chi connectivity index (χ4v) is 1.47. The second kappa shape index (κ2) is 4.68. The molecule has 0 heterocycles. The van der Waals surface area contributed by atoms with Gasteiger partial charge in [0, 0.05) is 0 Å². The molecule has 0 radical (unpaired) electrons. The molecular weight excluding hydrogens is 266 g/mol. The summed E-state index contributed by atoms with van der Waals surface area (Å²) in [6.07, 6.45) is -10.4. The van der Waals surface area contributed by atoms with Gasteiger partial charge in [0.2, 0.25) is 0 Å². The molecular formula is C10H8F6O2. The molecule has 0 aliphatic heterocycles. The predicted molar refractivity (Wildman–Crippen MR) is 48.9 cm³/mol. The molecule has 0 amide bonds. The number of hydrogen-bond acceptors (Lipinski definition) is 2. The van der Waals surface area contributed by atoms with Gasteiger partial charge in [0.1, 0.15) is 5.75 Å². The van der Waals surface area contributed by atoms with Gasteiger partial charge < -0.3 is 9.84 Å². The summed E-state index contributed by atoms with van der Waals surface area (Å²) in [5, 5.41) is 8.77. The predicted octanol–water partition coefficient (Wildman–Crippen LogP) is 3.23. The lowest BCUT2D eigenvalue weighted by molar-refractivity contribution is -0.162. The highest BCUT2D eigenvalue weighted by atomic mass is 19.4. The van der Waals surface area contributed by atoms with E-state index in [-0.39, 0.29) is 6.07 Å². The summed E-state index contributed by atoms with van der Waals surface area (Å²) in [6.45, 7) is -1.17. The Morgan fingerprint density at radius 1 is 1.06 bits per heavy atom. The van der Waals surface area contributed by atoms with Crippen molar-refractivity contribution in [3.8, 4) is 5.75 Å². The molecule has 1 aromatic carbocycles.